The van der Waals surface area contributed by atoms with E-state index in [9.17, 15) is 28.1 Å². The summed E-state index contributed by atoms with van der Waals surface area (Å²) in [6.45, 7) is -0.357. The van der Waals surface area contributed by atoms with E-state index in [-0.39, 0.29) is 29.1 Å². The number of benzene rings is 3. The van der Waals surface area contributed by atoms with Crippen molar-refractivity contribution >= 4 is 27.5 Å². The number of hydrogen-bond donors (Lipinski definition) is 0. The van der Waals surface area contributed by atoms with Gasteiger partial charge in [0.15, 0.2) is 12.4 Å². The van der Waals surface area contributed by atoms with Crippen molar-refractivity contribution in [1.82, 2.24) is 4.31 Å². The summed E-state index contributed by atoms with van der Waals surface area (Å²) < 4.78 is 33.3. The van der Waals surface area contributed by atoms with E-state index >= 15 is 0 Å². The summed E-state index contributed by atoms with van der Waals surface area (Å²) in [7, 11) is -3.88. The minimum atomic E-state index is -3.88. The monoisotopic (exact) mass is 494 g/mol. The molecular formula is C25H22N2O7S. The van der Waals surface area contributed by atoms with Crippen LogP contribution in [0.5, 0.6) is 0 Å². The van der Waals surface area contributed by atoms with Crippen LogP contribution in [0.3, 0.4) is 0 Å². The van der Waals surface area contributed by atoms with Gasteiger partial charge in [-0.2, -0.15) is 4.31 Å². The number of fused-ring (bicyclic) bond motifs is 1. The Hall–Kier alpha value is -3.89. The van der Waals surface area contributed by atoms with E-state index in [1.807, 2.05) is 12.1 Å². The number of Topliss-reactive ketones (excluding diaryl/α,β-unsaturated/α-hetero) is 1. The molecule has 1 aliphatic heterocycles. The van der Waals surface area contributed by atoms with Crippen molar-refractivity contribution in [2.45, 2.75) is 23.8 Å². The van der Waals surface area contributed by atoms with Crippen LogP contribution in [0.25, 0.3) is 0 Å². The number of non-ortho nitro benzene ring substituents is 1. The molecule has 0 aliphatic carbocycles. The molecule has 1 heterocycles. The van der Waals surface area contributed by atoms with Crippen LogP contribution in [-0.4, -0.2) is 42.6 Å². The fourth-order valence-corrected chi connectivity index (χ4v) is 5.70. The quantitative estimate of drug-likeness (QED) is 0.202. The minimum Gasteiger partial charge on any atom is -0.457 e. The molecule has 0 N–H and O–H groups in total. The molecule has 0 amide bonds. The van der Waals surface area contributed by atoms with Crippen LogP contribution in [0, 0.1) is 10.1 Å². The van der Waals surface area contributed by atoms with Gasteiger partial charge < -0.3 is 4.74 Å². The van der Waals surface area contributed by atoms with Gasteiger partial charge in [0.25, 0.3) is 5.69 Å². The Labute approximate surface area is 202 Å². The molecule has 0 saturated carbocycles. The molecule has 3 aromatic rings. The molecule has 35 heavy (non-hydrogen) atoms. The summed E-state index contributed by atoms with van der Waals surface area (Å²) in [5.74, 6) is -1.25. The first-order chi connectivity index (χ1) is 16.8. The first kappa shape index (κ1) is 24.2. The van der Waals surface area contributed by atoms with Crippen LogP contribution in [0.4, 0.5) is 5.69 Å². The zero-order chi connectivity index (χ0) is 25.0. The average molecular weight is 495 g/mol. The van der Waals surface area contributed by atoms with E-state index in [0.29, 0.717) is 6.42 Å². The molecule has 3 aromatic carbocycles. The molecule has 9 nitrogen and oxygen atoms in total. The molecule has 0 spiro atoms. The van der Waals surface area contributed by atoms with Gasteiger partial charge in [0.05, 0.1) is 22.3 Å². The Morgan fingerprint density at radius 3 is 2.31 bits per heavy atom. The van der Waals surface area contributed by atoms with Gasteiger partial charge in [-0.15, -0.1) is 0 Å². The third kappa shape index (κ3) is 5.28. The normalized spacial score (nSPS) is 15.7. The lowest BCUT2D eigenvalue weighted by molar-refractivity contribution is -0.384. The second kappa shape index (κ2) is 10.2. The van der Waals surface area contributed by atoms with Crippen LogP contribution >= 0.6 is 0 Å². The predicted octanol–water partition coefficient (Wildman–Crippen LogP) is 3.70. The summed E-state index contributed by atoms with van der Waals surface area (Å²) in [5, 5.41) is 10.8. The van der Waals surface area contributed by atoms with Gasteiger partial charge in [0, 0.05) is 24.2 Å². The van der Waals surface area contributed by atoms with Gasteiger partial charge in [0.2, 0.25) is 10.0 Å². The highest BCUT2D eigenvalue weighted by Gasteiger charge is 2.37. The molecule has 1 unspecified atom stereocenters. The third-order valence-electron chi connectivity index (χ3n) is 5.84. The summed E-state index contributed by atoms with van der Waals surface area (Å²) >= 11 is 0. The highest BCUT2D eigenvalue weighted by molar-refractivity contribution is 7.89. The summed E-state index contributed by atoms with van der Waals surface area (Å²) in [6.07, 6.45) is 0.239. The predicted molar refractivity (Wildman–Crippen MR) is 126 cm³/mol. The van der Waals surface area contributed by atoms with Gasteiger partial charge in [-0.3, -0.25) is 19.7 Å². The molecular weight excluding hydrogens is 472 g/mol. The maximum atomic E-state index is 13.4. The third-order valence-corrected chi connectivity index (χ3v) is 7.76. The minimum absolute atomic E-state index is 0.131. The molecule has 180 valence electrons. The van der Waals surface area contributed by atoms with Crippen molar-refractivity contribution in [2.24, 2.45) is 0 Å². The van der Waals surface area contributed by atoms with Gasteiger partial charge in [-0.1, -0.05) is 42.5 Å². The molecule has 0 bridgehead atoms. The SMILES string of the molecule is O=C(CC1c2ccccc2CCN1S(=O)(=O)c1ccccc1)OCC(=O)c1ccc([N+](=O)[O-])cc1. The highest BCUT2D eigenvalue weighted by Crippen LogP contribution is 2.36. The fraction of sp³-hybridized carbons (Fsp3) is 0.200. The molecule has 1 atom stereocenters. The van der Waals surface area contributed by atoms with E-state index in [1.54, 1.807) is 30.3 Å². The number of rotatable bonds is 8. The molecule has 0 aromatic heterocycles. The molecule has 0 saturated heterocycles. The van der Waals surface area contributed by atoms with Crippen molar-refractivity contribution in [3.63, 3.8) is 0 Å². The number of sulfonamides is 1. The van der Waals surface area contributed by atoms with Crippen molar-refractivity contribution in [3.05, 3.63) is 106 Å². The van der Waals surface area contributed by atoms with E-state index in [4.69, 9.17) is 4.74 Å². The maximum Gasteiger partial charge on any atom is 0.308 e. The number of ketones is 1. The fourth-order valence-electron chi connectivity index (χ4n) is 4.07. The smallest absolute Gasteiger partial charge is 0.308 e. The van der Waals surface area contributed by atoms with E-state index in [2.05, 4.69) is 0 Å². The Balaban J connectivity index is 1.51. The lowest BCUT2D eigenvalue weighted by atomic mass is 9.92. The van der Waals surface area contributed by atoms with Crippen molar-refractivity contribution < 1.29 is 27.7 Å². The number of ether oxygens (including phenoxy) is 1. The van der Waals surface area contributed by atoms with Gasteiger partial charge >= 0.3 is 5.97 Å². The zero-order valence-corrected chi connectivity index (χ0v) is 19.4. The number of nitro groups is 1. The summed E-state index contributed by atoms with van der Waals surface area (Å²) in [6, 6.07) is 19.5. The molecule has 0 fully saturated rings. The number of carbonyl (C=O) groups is 2. The second-order valence-electron chi connectivity index (χ2n) is 7.99. The van der Waals surface area contributed by atoms with E-state index in [1.165, 1.54) is 40.7 Å². The Kier molecular flexibility index (Phi) is 7.04. The number of esters is 1. The largest absolute Gasteiger partial charge is 0.457 e. The summed E-state index contributed by atoms with van der Waals surface area (Å²) in [5.41, 5.74) is 1.68. The standard InChI is InChI=1S/C25H22N2O7S/c28-24(19-10-12-20(13-11-19)27(30)31)17-34-25(29)16-23-22-9-5-4-6-18(22)14-15-26(23)35(32,33)21-7-2-1-3-8-21/h1-13,23H,14-17H2. The van der Waals surface area contributed by atoms with Crippen LogP contribution < -0.4 is 0 Å². The molecule has 1 aliphatic rings. The van der Waals surface area contributed by atoms with Gasteiger partial charge in [-0.25, -0.2) is 8.42 Å². The zero-order valence-electron chi connectivity index (χ0n) is 18.6. The maximum absolute atomic E-state index is 13.4. The van der Waals surface area contributed by atoms with Crippen LogP contribution in [0.1, 0.15) is 33.9 Å². The van der Waals surface area contributed by atoms with Crippen molar-refractivity contribution in [1.29, 1.82) is 0 Å². The Morgan fingerprint density at radius 1 is 0.971 bits per heavy atom. The van der Waals surface area contributed by atoms with Crippen molar-refractivity contribution in [3.8, 4) is 0 Å². The van der Waals surface area contributed by atoms with Gasteiger partial charge in [-0.05, 0) is 41.8 Å². The second-order valence-corrected chi connectivity index (χ2v) is 9.88. The Morgan fingerprint density at radius 2 is 1.63 bits per heavy atom. The number of carbonyl (C=O) groups excluding carboxylic acids is 2. The lowest BCUT2D eigenvalue weighted by Crippen LogP contribution is -2.41. The topological polar surface area (TPSA) is 124 Å². The van der Waals surface area contributed by atoms with Crippen LogP contribution in [-0.2, 0) is 26.0 Å². The summed E-state index contributed by atoms with van der Waals surface area (Å²) in [4.78, 5) is 35.4. The number of nitrogens with zero attached hydrogens (tertiary/aromatic N) is 2. The van der Waals surface area contributed by atoms with Crippen molar-refractivity contribution in [2.75, 3.05) is 13.2 Å². The van der Waals surface area contributed by atoms with Crippen LogP contribution in [0.2, 0.25) is 0 Å². The first-order valence-electron chi connectivity index (χ1n) is 10.9. The Bertz CT molecular complexity index is 1360. The number of nitro benzene ring substituents is 1. The van der Waals surface area contributed by atoms with E-state index in [0.717, 1.165) is 11.1 Å². The van der Waals surface area contributed by atoms with E-state index < -0.39 is 39.3 Å². The molecule has 0 radical (unpaired) electrons. The first-order valence-corrected chi connectivity index (χ1v) is 12.3. The van der Waals surface area contributed by atoms with Crippen LogP contribution in [0.15, 0.2) is 83.8 Å². The molecule has 4 rings (SSSR count). The number of hydrogen-bond acceptors (Lipinski definition) is 7. The lowest BCUT2D eigenvalue weighted by Gasteiger charge is -2.36. The average Bonchev–Trinajstić information content (AvgIpc) is 2.88. The highest BCUT2D eigenvalue weighted by atomic mass is 32.2. The van der Waals surface area contributed by atoms with Gasteiger partial charge in [0.1, 0.15) is 0 Å². The molecule has 10 heteroatoms.